The van der Waals surface area contributed by atoms with Gasteiger partial charge in [0, 0.05) is 37.5 Å². The van der Waals surface area contributed by atoms with E-state index in [9.17, 15) is 4.79 Å². The third-order valence-electron chi connectivity index (χ3n) is 3.48. The Hall–Kier alpha value is -2.50. The number of carbonyl (C=O) groups excluding carboxylic acids is 1. The molecular weight excluding hydrogens is 268 g/mol. The molecule has 2 N–H and O–H groups in total. The van der Waals surface area contributed by atoms with Crippen molar-refractivity contribution in [1.82, 2.24) is 20.2 Å². The van der Waals surface area contributed by atoms with Gasteiger partial charge in [-0.05, 0) is 6.07 Å². The molecule has 0 fully saturated rings. The molecule has 0 radical (unpaired) electrons. The van der Waals surface area contributed by atoms with Crippen LogP contribution in [0.5, 0.6) is 5.75 Å². The number of benzene rings is 1. The Kier molecular flexibility index (Phi) is 4.04. The molecule has 6 heteroatoms. The van der Waals surface area contributed by atoms with Gasteiger partial charge in [0.1, 0.15) is 5.75 Å². The van der Waals surface area contributed by atoms with Crippen LogP contribution in [0.2, 0.25) is 0 Å². The summed E-state index contributed by atoms with van der Waals surface area (Å²) in [5.41, 5.74) is 1.04. The summed E-state index contributed by atoms with van der Waals surface area (Å²) in [4.78, 5) is 15.9. The third-order valence-corrected chi connectivity index (χ3v) is 3.48. The highest BCUT2D eigenvalue weighted by Crippen LogP contribution is 2.31. The highest BCUT2D eigenvalue weighted by molar-refractivity contribution is 5.74. The van der Waals surface area contributed by atoms with Crippen molar-refractivity contribution in [2.75, 3.05) is 13.2 Å². The first-order valence-corrected chi connectivity index (χ1v) is 7.05. The number of para-hydroxylation sites is 1. The minimum atomic E-state index is -0.156. The molecule has 6 nitrogen and oxygen atoms in total. The van der Waals surface area contributed by atoms with Crippen LogP contribution in [0.3, 0.4) is 0 Å². The van der Waals surface area contributed by atoms with E-state index in [0.29, 0.717) is 19.7 Å². The highest BCUT2D eigenvalue weighted by Gasteiger charge is 2.22. The predicted octanol–water partition coefficient (Wildman–Crippen LogP) is 1.71. The number of imidazole rings is 1. The van der Waals surface area contributed by atoms with E-state index in [4.69, 9.17) is 4.74 Å². The van der Waals surface area contributed by atoms with Crippen molar-refractivity contribution in [2.45, 2.75) is 19.0 Å². The van der Waals surface area contributed by atoms with Gasteiger partial charge in [0.05, 0.1) is 19.0 Å². The van der Waals surface area contributed by atoms with Crippen LogP contribution < -0.4 is 15.4 Å². The van der Waals surface area contributed by atoms with E-state index in [1.807, 2.05) is 35.0 Å². The number of hydrogen-bond acceptors (Lipinski definition) is 3. The molecule has 1 aliphatic heterocycles. The van der Waals surface area contributed by atoms with Gasteiger partial charge in [-0.1, -0.05) is 18.2 Å². The summed E-state index contributed by atoms with van der Waals surface area (Å²) in [5, 5.41) is 5.86. The molecular formula is C15H18N4O2. The molecule has 2 aromatic rings. The number of hydrogen-bond donors (Lipinski definition) is 2. The smallest absolute Gasteiger partial charge is 0.315 e. The largest absolute Gasteiger partial charge is 0.493 e. The molecule has 2 heterocycles. The zero-order valence-electron chi connectivity index (χ0n) is 11.7. The number of ether oxygens (including phenoxy) is 1. The van der Waals surface area contributed by atoms with Gasteiger partial charge in [-0.15, -0.1) is 0 Å². The summed E-state index contributed by atoms with van der Waals surface area (Å²) in [7, 11) is 0. The van der Waals surface area contributed by atoms with Crippen molar-refractivity contribution in [2.24, 2.45) is 0 Å². The van der Waals surface area contributed by atoms with E-state index >= 15 is 0 Å². The minimum absolute atomic E-state index is 0.00296. The van der Waals surface area contributed by atoms with E-state index in [-0.39, 0.29) is 12.1 Å². The van der Waals surface area contributed by atoms with Gasteiger partial charge >= 0.3 is 6.03 Å². The van der Waals surface area contributed by atoms with Crippen molar-refractivity contribution >= 4 is 6.03 Å². The number of urea groups is 1. The highest BCUT2D eigenvalue weighted by atomic mass is 16.5. The molecule has 0 unspecified atom stereocenters. The van der Waals surface area contributed by atoms with Crippen molar-refractivity contribution in [3.8, 4) is 5.75 Å². The Balaban J connectivity index is 1.51. The molecule has 0 spiro atoms. The summed E-state index contributed by atoms with van der Waals surface area (Å²) >= 11 is 0. The van der Waals surface area contributed by atoms with Crippen LogP contribution in [-0.4, -0.2) is 28.7 Å². The maximum absolute atomic E-state index is 12.0. The van der Waals surface area contributed by atoms with E-state index in [0.717, 1.165) is 17.7 Å². The Bertz CT molecular complexity index is 597. The topological polar surface area (TPSA) is 68.2 Å². The fourth-order valence-electron chi connectivity index (χ4n) is 2.42. The second-order valence-corrected chi connectivity index (χ2v) is 4.93. The molecule has 21 heavy (non-hydrogen) atoms. The minimum Gasteiger partial charge on any atom is -0.493 e. The van der Waals surface area contributed by atoms with Crippen LogP contribution >= 0.6 is 0 Å². The monoisotopic (exact) mass is 286 g/mol. The summed E-state index contributed by atoms with van der Waals surface area (Å²) in [6, 6.07) is 7.66. The number of fused-ring (bicyclic) bond motifs is 1. The first-order valence-electron chi connectivity index (χ1n) is 7.05. The van der Waals surface area contributed by atoms with Gasteiger partial charge in [-0.2, -0.15) is 0 Å². The first kappa shape index (κ1) is 13.5. The SMILES string of the molecule is O=C(NCCn1ccnc1)N[C@H]1CCOc2ccccc21. The lowest BCUT2D eigenvalue weighted by Gasteiger charge is -2.26. The third kappa shape index (κ3) is 3.34. The van der Waals surface area contributed by atoms with E-state index in [1.54, 1.807) is 12.5 Å². The Morgan fingerprint density at radius 3 is 3.19 bits per heavy atom. The molecule has 1 aliphatic rings. The molecule has 0 saturated heterocycles. The average Bonchev–Trinajstić information content (AvgIpc) is 3.01. The number of rotatable bonds is 4. The fourth-order valence-corrected chi connectivity index (χ4v) is 2.42. The van der Waals surface area contributed by atoms with E-state index in [1.165, 1.54) is 0 Å². The van der Waals surface area contributed by atoms with Crippen molar-refractivity contribution < 1.29 is 9.53 Å². The van der Waals surface area contributed by atoms with Gasteiger partial charge in [-0.3, -0.25) is 0 Å². The van der Waals surface area contributed by atoms with Gasteiger partial charge in [-0.25, -0.2) is 9.78 Å². The Morgan fingerprint density at radius 1 is 1.43 bits per heavy atom. The van der Waals surface area contributed by atoms with Gasteiger partial charge in [0.2, 0.25) is 0 Å². The predicted molar refractivity (Wildman–Crippen MR) is 78.1 cm³/mol. The van der Waals surface area contributed by atoms with E-state index < -0.39 is 0 Å². The number of nitrogens with one attached hydrogen (secondary N) is 2. The van der Waals surface area contributed by atoms with Crippen molar-refractivity contribution in [3.63, 3.8) is 0 Å². The van der Waals surface area contributed by atoms with E-state index in [2.05, 4.69) is 15.6 Å². The lowest BCUT2D eigenvalue weighted by atomic mass is 10.0. The van der Waals surface area contributed by atoms with Crippen LogP contribution in [0, 0.1) is 0 Å². The summed E-state index contributed by atoms with van der Waals surface area (Å²) in [6.07, 6.45) is 6.10. The van der Waals surface area contributed by atoms with Crippen molar-refractivity contribution in [1.29, 1.82) is 0 Å². The Morgan fingerprint density at radius 2 is 2.33 bits per heavy atom. The maximum Gasteiger partial charge on any atom is 0.315 e. The molecule has 3 rings (SSSR count). The normalized spacial score (nSPS) is 16.7. The molecule has 0 aliphatic carbocycles. The summed E-state index contributed by atoms with van der Waals surface area (Å²) in [6.45, 7) is 1.89. The maximum atomic E-state index is 12.0. The quantitative estimate of drug-likeness (QED) is 0.899. The molecule has 1 atom stereocenters. The van der Waals surface area contributed by atoms with Gasteiger partial charge in [0.15, 0.2) is 0 Å². The lowest BCUT2D eigenvalue weighted by Crippen LogP contribution is -2.40. The van der Waals surface area contributed by atoms with Gasteiger partial charge in [0.25, 0.3) is 0 Å². The van der Waals surface area contributed by atoms with Crippen LogP contribution in [0.25, 0.3) is 0 Å². The molecule has 2 amide bonds. The van der Waals surface area contributed by atoms with Crippen LogP contribution in [0.15, 0.2) is 43.0 Å². The van der Waals surface area contributed by atoms with Crippen LogP contribution in [-0.2, 0) is 6.54 Å². The molecule has 0 bridgehead atoms. The Labute approximate surface area is 123 Å². The average molecular weight is 286 g/mol. The number of aromatic nitrogens is 2. The molecule has 110 valence electrons. The molecule has 0 saturated carbocycles. The second kappa shape index (κ2) is 6.30. The molecule has 1 aromatic carbocycles. The lowest BCUT2D eigenvalue weighted by molar-refractivity contribution is 0.223. The van der Waals surface area contributed by atoms with Gasteiger partial charge < -0.3 is 19.9 Å². The zero-order chi connectivity index (χ0) is 14.5. The zero-order valence-corrected chi connectivity index (χ0v) is 11.7. The number of amides is 2. The standard InChI is InChI=1S/C15H18N4O2/c20-15(17-7-9-19-8-6-16-11-19)18-13-5-10-21-14-4-2-1-3-12(13)14/h1-4,6,8,11,13H,5,7,9-10H2,(H2,17,18,20)/t13-/m0/s1. The fraction of sp³-hybridized carbons (Fsp3) is 0.333. The number of nitrogens with zero attached hydrogens (tertiary/aromatic N) is 2. The summed E-state index contributed by atoms with van der Waals surface area (Å²) < 4.78 is 7.50. The second-order valence-electron chi connectivity index (χ2n) is 4.93. The molecule has 1 aromatic heterocycles. The first-order chi connectivity index (χ1) is 10.3. The summed E-state index contributed by atoms with van der Waals surface area (Å²) in [5.74, 6) is 0.854. The number of carbonyl (C=O) groups is 1. The van der Waals surface area contributed by atoms with Crippen molar-refractivity contribution in [3.05, 3.63) is 48.5 Å². The van der Waals surface area contributed by atoms with Crippen LogP contribution in [0.4, 0.5) is 4.79 Å². The van der Waals surface area contributed by atoms with Crippen LogP contribution in [0.1, 0.15) is 18.0 Å².